The highest BCUT2D eigenvalue weighted by molar-refractivity contribution is 6.05. The van der Waals surface area contributed by atoms with E-state index in [9.17, 15) is 18.4 Å². The molecule has 2 amide bonds. The second-order valence-corrected chi connectivity index (χ2v) is 7.73. The maximum atomic E-state index is 12.8. The van der Waals surface area contributed by atoms with E-state index in [1.165, 1.54) is 18.2 Å². The number of benzene rings is 2. The highest BCUT2D eigenvalue weighted by atomic mass is 19.3. The number of alkyl halides is 2. The number of hydrogen-bond donors (Lipinski definition) is 1. The zero-order chi connectivity index (χ0) is 22.5. The van der Waals surface area contributed by atoms with Gasteiger partial charge in [0.15, 0.2) is 11.5 Å². The molecular weight excluding hydrogens is 422 g/mol. The first kappa shape index (κ1) is 22.0. The maximum Gasteiger partial charge on any atom is 0.387 e. The largest absolute Gasteiger partial charge is 0.489 e. The number of amides is 2. The van der Waals surface area contributed by atoms with E-state index in [1.807, 2.05) is 0 Å². The van der Waals surface area contributed by atoms with Gasteiger partial charge in [-0.15, -0.1) is 0 Å². The molecule has 9 heteroatoms. The topological polar surface area (TPSA) is 77.1 Å². The van der Waals surface area contributed by atoms with Crippen molar-refractivity contribution in [3.8, 4) is 11.5 Å². The van der Waals surface area contributed by atoms with Crippen LogP contribution in [-0.4, -0.2) is 56.2 Å². The number of nitrogens with one attached hydrogen (secondary N) is 1. The molecule has 32 heavy (non-hydrogen) atoms. The van der Waals surface area contributed by atoms with Gasteiger partial charge in [0, 0.05) is 29.9 Å². The fourth-order valence-electron chi connectivity index (χ4n) is 3.33. The summed E-state index contributed by atoms with van der Waals surface area (Å²) in [7, 11) is 0. The Balaban J connectivity index is 1.46. The number of rotatable bonds is 8. The minimum absolute atomic E-state index is 0.0982. The highest BCUT2D eigenvalue weighted by Gasteiger charge is 2.24. The first-order valence-electron chi connectivity index (χ1n) is 10.5. The molecule has 0 bridgehead atoms. The van der Waals surface area contributed by atoms with Gasteiger partial charge in [0.1, 0.15) is 0 Å². The normalized spacial score (nSPS) is 16.0. The fourth-order valence-corrected chi connectivity index (χ4v) is 3.33. The van der Waals surface area contributed by atoms with Crippen molar-refractivity contribution < 1.29 is 32.6 Å². The molecule has 1 saturated heterocycles. The second kappa shape index (κ2) is 9.95. The molecule has 170 valence electrons. The standard InChI is InChI=1S/C23H24F2N2O5/c24-23(25)32-19-7-6-16(13-20(19)31-14-15-4-5-15)21(28)26-18-3-1-2-17(12-18)22(29)27-8-10-30-11-9-27/h1-3,6-7,12-13,15,23H,4-5,8-11,14H2,(H,26,28). The number of halogens is 2. The third kappa shape index (κ3) is 5.73. The predicted octanol–water partition coefficient (Wildman–Crippen LogP) is 3.80. The SMILES string of the molecule is O=C(Nc1cccc(C(=O)N2CCOCC2)c1)c1ccc(OC(F)F)c(OCC2CC2)c1. The number of anilines is 1. The van der Waals surface area contributed by atoms with E-state index in [-0.39, 0.29) is 23.0 Å². The molecular formula is C23H24F2N2O5. The second-order valence-electron chi connectivity index (χ2n) is 7.73. The molecule has 2 fully saturated rings. The summed E-state index contributed by atoms with van der Waals surface area (Å²) >= 11 is 0. The minimum atomic E-state index is -3.00. The van der Waals surface area contributed by atoms with Crippen LogP contribution in [0.4, 0.5) is 14.5 Å². The predicted molar refractivity (Wildman–Crippen MR) is 112 cm³/mol. The smallest absolute Gasteiger partial charge is 0.387 e. The van der Waals surface area contributed by atoms with Crippen LogP contribution in [0, 0.1) is 5.92 Å². The summed E-state index contributed by atoms with van der Waals surface area (Å²) in [5.74, 6) is -0.204. The molecule has 1 aliphatic heterocycles. The molecule has 4 rings (SSSR count). The van der Waals surface area contributed by atoms with E-state index in [4.69, 9.17) is 9.47 Å². The summed E-state index contributed by atoms with van der Waals surface area (Å²) in [5.41, 5.74) is 1.13. The number of morpholine rings is 1. The lowest BCUT2D eigenvalue weighted by Gasteiger charge is -2.27. The Kier molecular flexibility index (Phi) is 6.84. The van der Waals surface area contributed by atoms with Gasteiger partial charge in [-0.25, -0.2) is 0 Å². The number of ether oxygens (including phenoxy) is 3. The molecule has 0 atom stereocenters. The van der Waals surface area contributed by atoms with Crippen LogP contribution in [0.25, 0.3) is 0 Å². The molecule has 0 unspecified atom stereocenters. The zero-order valence-corrected chi connectivity index (χ0v) is 17.4. The van der Waals surface area contributed by atoms with Crippen LogP contribution in [0.5, 0.6) is 11.5 Å². The summed E-state index contributed by atoms with van der Waals surface area (Å²) in [6.45, 7) is -0.573. The molecule has 2 aromatic rings. The summed E-state index contributed by atoms with van der Waals surface area (Å²) in [6, 6.07) is 10.7. The number of carbonyl (C=O) groups excluding carboxylic acids is 2. The van der Waals surface area contributed by atoms with Crippen LogP contribution < -0.4 is 14.8 Å². The van der Waals surface area contributed by atoms with Gasteiger partial charge in [-0.2, -0.15) is 8.78 Å². The summed E-state index contributed by atoms with van der Waals surface area (Å²) in [6.07, 6.45) is 2.06. The van der Waals surface area contributed by atoms with E-state index < -0.39 is 12.5 Å². The van der Waals surface area contributed by atoms with E-state index in [0.29, 0.717) is 50.1 Å². The maximum absolute atomic E-state index is 12.8. The summed E-state index contributed by atoms with van der Waals surface area (Å²) in [4.78, 5) is 27.1. The van der Waals surface area contributed by atoms with Crippen molar-refractivity contribution in [3.63, 3.8) is 0 Å². The Morgan fingerprint density at radius 1 is 1.06 bits per heavy atom. The molecule has 7 nitrogen and oxygen atoms in total. The van der Waals surface area contributed by atoms with Crippen molar-refractivity contribution in [1.82, 2.24) is 4.90 Å². The quantitative estimate of drug-likeness (QED) is 0.668. The Bertz CT molecular complexity index is 975. The van der Waals surface area contributed by atoms with Crippen molar-refractivity contribution in [2.75, 3.05) is 38.2 Å². The molecule has 1 aliphatic carbocycles. The lowest BCUT2D eigenvalue weighted by Crippen LogP contribution is -2.40. The average molecular weight is 446 g/mol. The van der Waals surface area contributed by atoms with E-state index in [1.54, 1.807) is 29.2 Å². The summed E-state index contributed by atoms with van der Waals surface area (Å²) in [5, 5.41) is 2.74. The Labute approximate surface area is 184 Å². The van der Waals surface area contributed by atoms with Gasteiger partial charge in [0.2, 0.25) is 0 Å². The van der Waals surface area contributed by atoms with Gasteiger partial charge in [-0.1, -0.05) is 6.07 Å². The van der Waals surface area contributed by atoms with Gasteiger partial charge in [-0.3, -0.25) is 9.59 Å². The molecule has 0 spiro atoms. The molecule has 2 aliphatic rings. The Hall–Kier alpha value is -3.20. The Morgan fingerprint density at radius 2 is 1.84 bits per heavy atom. The van der Waals surface area contributed by atoms with Gasteiger partial charge < -0.3 is 24.4 Å². The molecule has 0 radical (unpaired) electrons. The van der Waals surface area contributed by atoms with Crippen LogP contribution in [-0.2, 0) is 4.74 Å². The Morgan fingerprint density at radius 3 is 2.56 bits per heavy atom. The minimum Gasteiger partial charge on any atom is -0.489 e. The van der Waals surface area contributed by atoms with E-state index in [0.717, 1.165) is 12.8 Å². The van der Waals surface area contributed by atoms with Crippen molar-refractivity contribution in [2.24, 2.45) is 5.92 Å². The van der Waals surface area contributed by atoms with Gasteiger partial charge >= 0.3 is 6.61 Å². The molecule has 1 heterocycles. The van der Waals surface area contributed by atoms with Crippen LogP contribution >= 0.6 is 0 Å². The van der Waals surface area contributed by atoms with Crippen LogP contribution in [0.15, 0.2) is 42.5 Å². The lowest BCUT2D eigenvalue weighted by molar-refractivity contribution is -0.0515. The zero-order valence-electron chi connectivity index (χ0n) is 17.4. The average Bonchev–Trinajstić information content (AvgIpc) is 3.63. The lowest BCUT2D eigenvalue weighted by atomic mass is 10.1. The molecule has 1 saturated carbocycles. The van der Waals surface area contributed by atoms with Crippen LogP contribution in [0.2, 0.25) is 0 Å². The van der Waals surface area contributed by atoms with Gasteiger partial charge in [0.25, 0.3) is 11.8 Å². The van der Waals surface area contributed by atoms with Crippen molar-refractivity contribution in [1.29, 1.82) is 0 Å². The first-order chi connectivity index (χ1) is 15.5. The van der Waals surface area contributed by atoms with Crippen LogP contribution in [0.1, 0.15) is 33.6 Å². The van der Waals surface area contributed by atoms with Crippen molar-refractivity contribution in [2.45, 2.75) is 19.5 Å². The first-order valence-corrected chi connectivity index (χ1v) is 10.5. The molecule has 2 aromatic carbocycles. The van der Waals surface area contributed by atoms with Crippen LogP contribution in [0.3, 0.4) is 0 Å². The van der Waals surface area contributed by atoms with E-state index in [2.05, 4.69) is 10.1 Å². The number of nitrogens with zero attached hydrogens (tertiary/aromatic N) is 1. The van der Waals surface area contributed by atoms with Crippen molar-refractivity contribution >= 4 is 17.5 Å². The molecule has 0 aromatic heterocycles. The van der Waals surface area contributed by atoms with Gasteiger partial charge in [-0.05, 0) is 55.2 Å². The monoisotopic (exact) mass is 446 g/mol. The van der Waals surface area contributed by atoms with Crippen molar-refractivity contribution in [3.05, 3.63) is 53.6 Å². The number of hydrogen-bond acceptors (Lipinski definition) is 5. The molecule has 1 N–H and O–H groups in total. The highest BCUT2D eigenvalue weighted by Crippen LogP contribution is 2.34. The fraction of sp³-hybridized carbons (Fsp3) is 0.391. The van der Waals surface area contributed by atoms with Gasteiger partial charge in [0.05, 0.1) is 19.8 Å². The third-order valence-electron chi connectivity index (χ3n) is 5.26. The van der Waals surface area contributed by atoms with E-state index >= 15 is 0 Å². The third-order valence-corrected chi connectivity index (χ3v) is 5.26. The summed E-state index contributed by atoms with van der Waals surface area (Å²) < 4.78 is 40.8. The number of carbonyl (C=O) groups is 2.